The topological polar surface area (TPSA) is 88.7 Å². The number of H-pyrrole nitrogens is 1. The van der Waals surface area contributed by atoms with Gasteiger partial charge < -0.3 is 19.4 Å². The van der Waals surface area contributed by atoms with Crippen molar-refractivity contribution in [1.29, 1.82) is 0 Å². The summed E-state index contributed by atoms with van der Waals surface area (Å²) < 4.78 is 9.84. The highest BCUT2D eigenvalue weighted by molar-refractivity contribution is 6.30. The van der Waals surface area contributed by atoms with E-state index < -0.39 is 29.4 Å². The maximum Gasteiger partial charge on any atom is 0.337 e. The summed E-state index contributed by atoms with van der Waals surface area (Å²) in [6, 6.07) is 13.1. The van der Waals surface area contributed by atoms with Gasteiger partial charge in [0.25, 0.3) is 0 Å². The lowest BCUT2D eigenvalue weighted by Crippen LogP contribution is -2.53. The van der Waals surface area contributed by atoms with Crippen LogP contribution in [0.1, 0.15) is 40.1 Å². The average Bonchev–Trinajstić information content (AvgIpc) is 3.19. The summed E-state index contributed by atoms with van der Waals surface area (Å²) in [6.07, 6.45) is 0.304. The lowest BCUT2D eigenvalue weighted by atomic mass is 9.87. The van der Waals surface area contributed by atoms with Crippen molar-refractivity contribution in [3.63, 3.8) is 0 Å². The number of hydrogen-bond donors (Lipinski definition) is 1. The molecule has 4 rings (SSSR count). The van der Waals surface area contributed by atoms with Gasteiger partial charge in [0.15, 0.2) is 0 Å². The van der Waals surface area contributed by atoms with Gasteiger partial charge in [-0.3, -0.25) is 4.79 Å². The van der Waals surface area contributed by atoms with Crippen molar-refractivity contribution in [2.75, 3.05) is 14.2 Å². The molecule has 32 heavy (non-hydrogen) atoms. The zero-order valence-corrected chi connectivity index (χ0v) is 18.7. The molecule has 0 radical (unpaired) electrons. The Morgan fingerprint density at radius 2 is 1.75 bits per heavy atom. The van der Waals surface area contributed by atoms with Gasteiger partial charge in [-0.2, -0.15) is 0 Å². The summed E-state index contributed by atoms with van der Waals surface area (Å²) in [6.45, 7) is 1.58. The fourth-order valence-corrected chi connectivity index (χ4v) is 4.46. The zero-order chi connectivity index (χ0) is 23.0. The number of methoxy groups -OCH3 is 2. The normalized spacial score (nSPS) is 18.7. The number of carbonyl (C=O) groups is 3. The zero-order valence-electron chi connectivity index (χ0n) is 17.9. The Morgan fingerprint density at radius 1 is 1.06 bits per heavy atom. The van der Waals surface area contributed by atoms with Crippen LogP contribution in [-0.4, -0.2) is 53.4 Å². The molecule has 1 aromatic heterocycles. The maximum atomic E-state index is 13.3. The second-order valence-corrected chi connectivity index (χ2v) is 8.34. The van der Waals surface area contributed by atoms with E-state index in [1.54, 1.807) is 31.2 Å². The van der Waals surface area contributed by atoms with Crippen molar-refractivity contribution >= 4 is 40.3 Å². The third kappa shape index (κ3) is 3.62. The third-order valence-electron chi connectivity index (χ3n) is 5.85. The molecule has 1 N–H and O–H groups in total. The number of halogens is 1. The number of ether oxygens (including phenoxy) is 2. The third-order valence-corrected chi connectivity index (χ3v) is 6.03. The van der Waals surface area contributed by atoms with Crippen LogP contribution in [0.15, 0.2) is 48.5 Å². The van der Waals surface area contributed by atoms with Gasteiger partial charge in [0.2, 0.25) is 5.91 Å². The molecule has 1 unspecified atom stereocenters. The molecule has 1 aliphatic rings. The second kappa shape index (κ2) is 8.67. The number of esters is 2. The summed E-state index contributed by atoms with van der Waals surface area (Å²) in [7, 11) is 2.62. The summed E-state index contributed by atoms with van der Waals surface area (Å²) >= 11 is 6.20. The van der Waals surface area contributed by atoms with E-state index >= 15 is 0 Å². The van der Waals surface area contributed by atoms with Crippen molar-refractivity contribution in [3.05, 3.63) is 70.9 Å². The van der Waals surface area contributed by atoms with Crippen LogP contribution in [0, 0.1) is 0 Å². The number of hydrogen-bond acceptors (Lipinski definition) is 5. The smallest absolute Gasteiger partial charge is 0.337 e. The van der Waals surface area contributed by atoms with Gasteiger partial charge in [-0.05, 0) is 36.2 Å². The SMILES string of the molecule is COC(=O)c1ccc([C@H]2c3[nH]c4ccccc4c3C[C@H](C(=O)OC)N2C(=O)C(C)Cl)cc1. The number of aromatic amines is 1. The predicted molar refractivity (Wildman–Crippen MR) is 120 cm³/mol. The van der Waals surface area contributed by atoms with E-state index in [0.29, 0.717) is 12.0 Å². The van der Waals surface area contributed by atoms with Gasteiger partial charge in [0.05, 0.1) is 25.8 Å². The molecule has 2 aromatic carbocycles. The standard InChI is InChI=1S/C24H23ClN2O5/c1-13(25)22(28)27-19(24(30)32-3)12-17-16-6-4-5-7-18(16)26-20(17)21(27)14-8-10-15(11-9-14)23(29)31-2/h4-11,13,19,21,26H,12H2,1-3H3/t13?,19-,21+/m1/s1. The number of carbonyl (C=O) groups excluding carboxylic acids is 3. The van der Waals surface area contributed by atoms with Gasteiger partial charge in [-0.25, -0.2) is 9.59 Å². The predicted octanol–water partition coefficient (Wildman–Crippen LogP) is 3.60. The van der Waals surface area contributed by atoms with Gasteiger partial charge in [0, 0.05) is 23.0 Å². The minimum atomic E-state index is -0.843. The Kier molecular flexibility index (Phi) is 5.93. The van der Waals surface area contributed by atoms with E-state index in [1.165, 1.54) is 19.1 Å². The number of nitrogens with zero attached hydrogens (tertiary/aromatic N) is 1. The molecule has 3 atom stereocenters. The fourth-order valence-electron chi connectivity index (χ4n) is 4.35. The molecule has 3 aromatic rings. The second-order valence-electron chi connectivity index (χ2n) is 7.68. The van der Waals surface area contributed by atoms with E-state index in [9.17, 15) is 14.4 Å². The number of rotatable bonds is 4. The summed E-state index contributed by atoms with van der Waals surface area (Å²) in [4.78, 5) is 42.9. The number of nitrogens with one attached hydrogen (secondary N) is 1. The largest absolute Gasteiger partial charge is 0.467 e. The maximum absolute atomic E-state index is 13.3. The Balaban J connectivity index is 1.94. The number of alkyl halides is 1. The van der Waals surface area contributed by atoms with Crippen LogP contribution in [-0.2, 0) is 25.5 Å². The summed E-state index contributed by atoms with van der Waals surface area (Å²) in [5.74, 6) is -1.35. The Labute approximate surface area is 190 Å². The van der Waals surface area contributed by atoms with Gasteiger partial charge in [-0.15, -0.1) is 11.6 Å². The molecular weight excluding hydrogens is 432 g/mol. The molecule has 166 valence electrons. The Morgan fingerprint density at radius 3 is 2.38 bits per heavy atom. The molecule has 0 bridgehead atoms. The van der Waals surface area contributed by atoms with Crippen molar-refractivity contribution in [3.8, 4) is 0 Å². The van der Waals surface area contributed by atoms with E-state index in [-0.39, 0.29) is 5.91 Å². The first kappa shape index (κ1) is 21.9. The molecule has 7 nitrogen and oxygen atoms in total. The molecule has 0 saturated carbocycles. The van der Waals surface area contributed by atoms with Gasteiger partial charge in [0.1, 0.15) is 11.4 Å². The number of amides is 1. The first-order valence-corrected chi connectivity index (χ1v) is 10.6. The molecule has 0 fully saturated rings. The van der Waals surface area contributed by atoms with E-state index in [0.717, 1.165) is 27.7 Å². The number of para-hydroxylation sites is 1. The first-order chi connectivity index (χ1) is 15.4. The molecule has 0 aliphatic carbocycles. The minimum absolute atomic E-state index is 0.304. The Bertz CT molecular complexity index is 1180. The lowest BCUT2D eigenvalue weighted by molar-refractivity contribution is -0.154. The summed E-state index contributed by atoms with van der Waals surface area (Å²) in [5.41, 5.74) is 3.78. The van der Waals surface area contributed by atoms with Crippen LogP contribution in [0.4, 0.5) is 0 Å². The highest BCUT2D eigenvalue weighted by Crippen LogP contribution is 2.41. The minimum Gasteiger partial charge on any atom is -0.467 e. The molecular formula is C24H23ClN2O5. The highest BCUT2D eigenvalue weighted by Gasteiger charge is 2.44. The van der Waals surface area contributed by atoms with E-state index in [4.69, 9.17) is 21.1 Å². The van der Waals surface area contributed by atoms with Crippen LogP contribution >= 0.6 is 11.6 Å². The fraction of sp³-hybridized carbons (Fsp3) is 0.292. The van der Waals surface area contributed by atoms with Crippen LogP contribution in [0.25, 0.3) is 10.9 Å². The Hall–Kier alpha value is -3.32. The van der Waals surface area contributed by atoms with E-state index in [1.807, 2.05) is 24.3 Å². The van der Waals surface area contributed by atoms with E-state index in [2.05, 4.69) is 4.98 Å². The number of fused-ring (bicyclic) bond motifs is 3. The summed E-state index contributed by atoms with van der Waals surface area (Å²) in [5, 5.41) is 0.142. The highest BCUT2D eigenvalue weighted by atomic mass is 35.5. The molecule has 2 heterocycles. The number of benzene rings is 2. The van der Waals surface area contributed by atoms with Crippen LogP contribution in [0.5, 0.6) is 0 Å². The molecule has 0 saturated heterocycles. The molecule has 1 amide bonds. The molecule has 1 aliphatic heterocycles. The number of aromatic nitrogens is 1. The average molecular weight is 455 g/mol. The van der Waals surface area contributed by atoms with Crippen LogP contribution < -0.4 is 0 Å². The monoisotopic (exact) mass is 454 g/mol. The first-order valence-electron chi connectivity index (χ1n) is 10.2. The van der Waals surface area contributed by atoms with Crippen LogP contribution in [0.3, 0.4) is 0 Å². The van der Waals surface area contributed by atoms with Gasteiger partial charge in [-0.1, -0.05) is 30.3 Å². The lowest BCUT2D eigenvalue weighted by Gasteiger charge is -2.41. The van der Waals surface area contributed by atoms with Crippen LogP contribution in [0.2, 0.25) is 0 Å². The van der Waals surface area contributed by atoms with Crippen molar-refractivity contribution in [2.24, 2.45) is 0 Å². The van der Waals surface area contributed by atoms with Crippen molar-refractivity contribution in [2.45, 2.75) is 30.8 Å². The van der Waals surface area contributed by atoms with Crippen molar-refractivity contribution < 1.29 is 23.9 Å². The van der Waals surface area contributed by atoms with Crippen molar-refractivity contribution in [1.82, 2.24) is 9.88 Å². The molecule has 8 heteroatoms. The quantitative estimate of drug-likeness (QED) is 0.480. The molecule has 0 spiro atoms. The van der Waals surface area contributed by atoms with Gasteiger partial charge >= 0.3 is 11.9 Å².